The molecule has 0 saturated heterocycles. The number of aliphatic hydroxyl groups excluding tert-OH is 1. The third-order valence-corrected chi connectivity index (χ3v) is 7.67. The number of phenolic OH excluding ortho intramolecular Hbond substituents is 1. The van der Waals surface area contributed by atoms with E-state index >= 15 is 0 Å². The summed E-state index contributed by atoms with van der Waals surface area (Å²) < 4.78 is 11.4. The van der Waals surface area contributed by atoms with Gasteiger partial charge in [0.2, 0.25) is 0 Å². The van der Waals surface area contributed by atoms with Crippen LogP contribution >= 0.6 is 11.6 Å². The standard InChI is InChI=1S/C30H26ClNO7/c1-5-15-6-7-16-8-9-17(31)10-18(16)19(15)13-32-29(37)25-22(38-4)11-21(35)26-27(25)39-23-12-20(34)24(14(2)33)28(36)30(23,26)3/h6-12,34-35H,5,13H2,1-4H3,(H,32,37)/t30-/m1/s1. The van der Waals surface area contributed by atoms with Gasteiger partial charge in [0.05, 0.1) is 12.7 Å². The number of aryl methyl sites for hydroxylation is 1. The van der Waals surface area contributed by atoms with Crippen LogP contribution in [0.2, 0.25) is 5.02 Å². The number of hydrogen-bond acceptors (Lipinski definition) is 7. The van der Waals surface area contributed by atoms with Crippen LogP contribution in [0, 0.1) is 0 Å². The number of fused-ring (bicyclic) bond motifs is 4. The third-order valence-electron chi connectivity index (χ3n) is 7.43. The molecule has 3 aromatic rings. The van der Waals surface area contributed by atoms with Gasteiger partial charge in [-0.2, -0.15) is 0 Å². The molecule has 0 unspecified atom stereocenters. The van der Waals surface area contributed by atoms with E-state index in [0.29, 0.717) is 5.02 Å². The Kier molecular flexibility index (Phi) is 6.39. The van der Waals surface area contributed by atoms with Crippen LogP contribution in [0.5, 0.6) is 17.2 Å². The van der Waals surface area contributed by atoms with Crippen molar-refractivity contribution in [3.8, 4) is 17.2 Å². The van der Waals surface area contributed by atoms with Gasteiger partial charge in [0.15, 0.2) is 17.3 Å². The number of carbonyl (C=O) groups excluding carboxylic acids is 3. The Morgan fingerprint density at radius 3 is 2.54 bits per heavy atom. The Hall–Kier alpha value is -4.30. The molecule has 5 rings (SSSR count). The Balaban J connectivity index is 1.59. The van der Waals surface area contributed by atoms with Crippen molar-refractivity contribution in [2.24, 2.45) is 0 Å². The van der Waals surface area contributed by atoms with E-state index in [-0.39, 0.29) is 40.7 Å². The number of methoxy groups -OCH3 is 1. The number of aliphatic hydroxyl groups is 1. The van der Waals surface area contributed by atoms with Crippen molar-refractivity contribution in [2.75, 3.05) is 7.11 Å². The van der Waals surface area contributed by atoms with Crippen LogP contribution < -0.4 is 14.8 Å². The number of aromatic hydroxyl groups is 1. The van der Waals surface area contributed by atoms with Gasteiger partial charge in [-0.3, -0.25) is 14.4 Å². The lowest BCUT2D eigenvalue weighted by molar-refractivity contribution is -0.123. The van der Waals surface area contributed by atoms with E-state index < -0.39 is 34.2 Å². The first-order valence-corrected chi connectivity index (χ1v) is 12.7. The van der Waals surface area contributed by atoms with Crippen LogP contribution in [-0.4, -0.2) is 34.8 Å². The molecule has 1 aliphatic carbocycles. The van der Waals surface area contributed by atoms with E-state index in [1.807, 2.05) is 31.2 Å². The molecule has 1 atom stereocenters. The van der Waals surface area contributed by atoms with Crippen molar-refractivity contribution in [3.05, 3.63) is 86.8 Å². The lowest BCUT2D eigenvalue weighted by atomic mass is 9.71. The zero-order chi connectivity index (χ0) is 28.2. The lowest BCUT2D eigenvalue weighted by Gasteiger charge is -2.27. The summed E-state index contributed by atoms with van der Waals surface area (Å²) in [7, 11) is 1.34. The van der Waals surface area contributed by atoms with E-state index in [4.69, 9.17) is 21.1 Å². The number of benzene rings is 3. The number of phenols is 1. The van der Waals surface area contributed by atoms with E-state index in [2.05, 4.69) is 5.32 Å². The molecule has 1 amide bonds. The van der Waals surface area contributed by atoms with Crippen LogP contribution in [0.25, 0.3) is 10.8 Å². The number of halogens is 1. The van der Waals surface area contributed by atoms with Crippen molar-refractivity contribution >= 4 is 39.8 Å². The van der Waals surface area contributed by atoms with Crippen molar-refractivity contribution in [1.29, 1.82) is 0 Å². The maximum absolute atomic E-state index is 13.7. The fourth-order valence-corrected chi connectivity index (χ4v) is 5.59. The highest BCUT2D eigenvalue weighted by Crippen LogP contribution is 2.56. The molecule has 0 saturated carbocycles. The molecule has 0 bridgehead atoms. The maximum atomic E-state index is 13.7. The smallest absolute Gasteiger partial charge is 0.259 e. The molecule has 3 N–H and O–H groups in total. The molecular formula is C30H26ClNO7. The zero-order valence-corrected chi connectivity index (χ0v) is 22.5. The minimum atomic E-state index is -1.63. The summed E-state index contributed by atoms with van der Waals surface area (Å²) in [6.45, 7) is 4.82. The average Bonchev–Trinajstić information content (AvgIpc) is 3.20. The molecule has 0 fully saturated rings. The van der Waals surface area contributed by atoms with E-state index in [1.165, 1.54) is 33.1 Å². The topological polar surface area (TPSA) is 122 Å². The molecular weight excluding hydrogens is 522 g/mol. The fraction of sp³-hybridized carbons (Fsp3) is 0.233. The Morgan fingerprint density at radius 2 is 1.87 bits per heavy atom. The van der Waals surface area contributed by atoms with Gasteiger partial charge in [-0.25, -0.2) is 0 Å². The van der Waals surface area contributed by atoms with Gasteiger partial charge in [0.25, 0.3) is 5.91 Å². The number of ketones is 2. The molecule has 1 heterocycles. The van der Waals surface area contributed by atoms with Gasteiger partial charge >= 0.3 is 0 Å². The normalized spacial score (nSPS) is 17.9. The Morgan fingerprint density at radius 1 is 1.15 bits per heavy atom. The molecule has 3 aromatic carbocycles. The highest BCUT2D eigenvalue weighted by Gasteiger charge is 2.55. The van der Waals surface area contributed by atoms with Crippen molar-refractivity contribution in [2.45, 2.75) is 39.2 Å². The highest BCUT2D eigenvalue weighted by atomic mass is 35.5. The number of carbonyl (C=O) groups is 3. The van der Waals surface area contributed by atoms with Gasteiger partial charge in [-0.15, -0.1) is 0 Å². The second-order valence-electron chi connectivity index (χ2n) is 9.66. The first-order valence-electron chi connectivity index (χ1n) is 12.3. The molecule has 200 valence electrons. The van der Waals surface area contributed by atoms with Crippen LogP contribution in [0.1, 0.15) is 47.8 Å². The molecule has 2 aliphatic rings. The van der Waals surface area contributed by atoms with Crippen molar-refractivity contribution in [1.82, 2.24) is 5.32 Å². The summed E-state index contributed by atoms with van der Waals surface area (Å²) in [6.07, 6.45) is 1.90. The zero-order valence-electron chi connectivity index (χ0n) is 21.8. The number of rotatable bonds is 6. The second-order valence-corrected chi connectivity index (χ2v) is 10.1. The molecule has 8 nitrogen and oxygen atoms in total. The SMILES string of the molecule is CCc1ccc2ccc(Cl)cc2c1CNC(=O)c1c(OC)cc(O)c2c1OC1=CC(O)=C(C(C)=O)C(=O)[C@]12C. The summed E-state index contributed by atoms with van der Waals surface area (Å²) in [6, 6.07) is 10.8. The average molecular weight is 548 g/mol. The summed E-state index contributed by atoms with van der Waals surface area (Å²) in [4.78, 5) is 39.3. The maximum Gasteiger partial charge on any atom is 0.259 e. The summed E-state index contributed by atoms with van der Waals surface area (Å²) in [5.41, 5.74) is -0.107. The molecule has 39 heavy (non-hydrogen) atoms. The van der Waals surface area contributed by atoms with Crippen molar-refractivity contribution in [3.63, 3.8) is 0 Å². The van der Waals surface area contributed by atoms with Crippen LogP contribution in [0.4, 0.5) is 0 Å². The van der Waals surface area contributed by atoms with Gasteiger partial charge < -0.3 is 25.0 Å². The molecule has 0 aromatic heterocycles. The fourth-order valence-electron chi connectivity index (χ4n) is 5.42. The number of hydrogen-bond donors (Lipinski definition) is 3. The predicted molar refractivity (Wildman–Crippen MR) is 146 cm³/mol. The molecule has 1 aliphatic heterocycles. The minimum absolute atomic E-state index is 0.0143. The van der Waals surface area contributed by atoms with E-state index in [1.54, 1.807) is 6.07 Å². The minimum Gasteiger partial charge on any atom is -0.507 e. The van der Waals surface area contributed by atoms with Crippen molar-refractivity contribution < 1.29 is 34.1 Å². The van der Waals surface area contributed by atoms with Crippen LogP contribution in [0.15, 0.2) is 59.6 Å². The van der Waals surface area contributed by atoms with E-state index in [0.717, 1.165) is 28.3 Å². The van der Waals surface area contributed by atoms with E-state index in [9.17, 15) is 24.6 Å². The van der Waals surface area contributed by atoms with Crippen LogP contribution in [-0.2, 0) is 28.0 Å². The monoisotopic (exact) mass is 547 g/mol. The third kappa shape index (κ3) is 3.94. The Labute approximate surface area is 229 Å². The summed E-state index contributed by atoms with van der Waals surface area (Å²) >= 11 is 6.27. The quantitative estimate of drug-likeness (QED) is 0.362. The molecule has 0 spiro atoms. The highest BCUT2D eigenvalue weighted by molar-refractivity contribution is 6.31. The van der Waals surface area contributed by atoms with Crippen LogP contribution in [0.3, 0.4) is 0 Å². The number of nitrogens with one attached hydrogen (secondary N) is 1. The largest absolute Gasteiger partial charge is 0.507 e. The first-order chi connectivity index (χ1) is 18.5. The second kappa shape index (κ2) is 9.47. The first kappa shape index (κ1) is 26.3. The lowest BCUT2D eigenvalue weighted by Crippen LogP contribution is -2.38. The summed E-state index contributed by atoms with van der Waals surface area (Å²) in [5.74, 6) is -2.89. The predicted octanol–water partition coefficient (Wildman–Crippen LogP) is 5.22. The van der Waals surface area contributed by atoms with Gasteiger partial charge in [0, 0.05) is 23.7 Å². The molecule has 9 heteroatoms. The van der Waals surface area contributed by atoms with Gasteiger partial charge in [0.1, 0.15) is 39.6 Å². The summed E-state index contributed by atoms with van der Waals surface area (Å²) in [5, 5.41) is 26.7. The Bertz CT molecular complexity index is 1670. The number of Topliss-reactive ketones (excluding diaryl/α,β-unsaturated/α-hetero) is 2. The van der Waals surface area contributed by atoms with Gasteiger partial charge in [-0.05, 0) is 54.3 Å². The van der Waals surface area contributed by atoms with Gasteiger partial charge in [-0.1, -0.05) is 36.7 Å². The number of ether oxygens (including phenoxy) is 2. The number of amides is 1. The number of allylic oxidation sites excluding steroid dienone is 3. The molecule has 0 radical (unpaired) electrons.